The average Bonchev–Trinajstić information content (AvgIpc) is 3.34. The molecule has 0 unspecified atom stereocenters. The van der Waals surface area contributed by atoms with Crippen molar-refractivity contribution in [2.45, 2.75) is 18.5 Å². The van der Waals surface area contributed by atoms with E-state index in [0.717, 1.165) is 30.0 Å². The molecule has 0 aromatic heterocycles. The van der Waals surface area contributed by atoms with Crippen LogP contribution in [0, 0.1) is 16.0 Å². The van der Waals surface area contributed by atoms with Crippen LogP contribution >= 0.6 is 0 Å². The Bertz CT molecular complexity index is 979. The number of rotatable bonds is 3. The quantitative estimate of drug-likeness (QED) is 0.462. The number of fused-ring (bicyclic) bond motifs is 3. The van der Waals surface area contributed by atoms with Crippen LogP contribution in [0.25, 0.3) is 0 Å². The minimum absolute atomic E-state index is 0.141. The number of hydrogen-bond acceptors (Lipinski definition) is 6. The van der Waals surface area contributed by atoms with Crippen LogP contribution in [0.2, 0.25) is 0 Å². The summed E-state index contributed by atoms with van der Waals surface area (Å²) in [5.74, 6) is -1.12. The molecule has 0 aliphatic carbocycles. The van der Waals surface area contributed by atoms with E-state index in [1.807, 2.05) is 35.3 Å². The van der Waals surface area contributed by atoms with Gasteiger partial charge >= 0.3 is 0 Å². The van der Waals surface area contributed by atoms with Crippen LogP contribution in [-0.4, -0.2) is 45.9 Å². The molecule has 0 N–H and O–H groups in total. The lowest BCUT2D eigenvalue weighted by atomic mass is 9.90. The van der Waals surface area contributed by atoms with E-state index in [1.165, 1.54) is 18.2 Å². The van der Waals surface area contributed by atoms with Gasteiger partial charge in [0.05, 0.1) is 22.6 Å². The van der Waals surface area contributed by atoms with E-state index in [9.17, 15) is 19.7 Å². The second kappa shape index (κ2) is 6.22. The number of carbonyl (C=O) groups is 2. The molecule has 3 heterocycles. The SMILES string of the molecule is O=C1[C@@H]2[C@@H](C(=O)N1c1cccc([N+](=O)[O-])c1)N1CCCN1[C@H]2c1ccccc1. The molecule has 3 atom stereocenters. The molecule has 2 amide bonds. The van der Waals surface area contributed by atoms with Crippen LogP contribution < -0.4 is 4.90 Å². The number of nitrogens with zero attached hydrogens (tertiary/aromatic N) is 4. The number of non-ortho nitro benzene ring substituents is 1. The van der Waals surface area contributed by atoms with Crippen LogP contribution in [0.4, 0.5) is 11.4 Å². The zero-order valence-electron chi connectivity index (χ0n) is 15.0. The molecule has 2 aromatic rings. The van der Waals surface area contributed by atoms with Crippen LogP contribution in [0.5, 0.6) is 0 Å². The summed E-state index contributed by atoms with van der Waals surface area (Å²) in [6.45, 7) is 1.54. The van der Waals surface area contributed by atoms with Gasteiger partial charge in [0, 0.05) is 25.2 Å². The summed E-state index contributed by atoms with van der Waals surface area (Å²) < 4.78 is 0. The molecule has 8 heteroatoms. The zero-order valence-corrected chi connectivity index (χ0v) is 15.0. The Labute approximate surface area is 161 Å². The smallest absolute Gasteiger partial charge is 0.271 e. The number of benzene rings is 2. The third-order valence-electron chi connectivity index (χ3n) is 5.85. The first-order valence-corrected chi connectivity index (χ1v) is 9.28. The van der Waals surface area contributed by atoms with Crippen LogP contribution in [-0.2, 0) is 9.59 Å². The minimum atomic E-state index is -0.556. The number of imide groups is 1. The number of hydrogen-bond donors (Lipinski definition) is 0. The first-order chi connectivity index (χ1) is 13.6. The summed E-state index contributed by atoms with van der Waals surface area (Å²) in [5, 5.41) is 15.3. The number of carbonyl (C=O) groups excluding carboxylic acids is 2. The highest BCUT2D eigenvalue weighted by Crippen LogP contribution is 2.48. The van der Waals surface area contributed by atoms with Gasteiger partial charge in [-0.15, -0.1) is 0 Å². The van der Waals surface area contributed by atoms with Gasteiger partial charge in [-0.3, -0.25) is 19.7 Å². The second-order valence-corrected chi connectivity index (χ2v) is 7.29. The Hall–Kier alpha value is -3.10. The van der Waals surface area contributed by atoms with Gasteiger partial charge < -0.3 is 0 Å². The highest BCUT2D eigenvalue weighted by Gasteiger charge is 2.62. The van der Waals surface area contributed by atoms with Crippen molar-refractivity contribution in [2.24, 2.45) is 5.92 Å². The number of nitro groups is 1. The van der Waals surface area contributed by atoms with Crippen LogP contribution in [0.15, 0.2) is 54.6 Å². The van der Waals surface area contributed by atoms with E-state index >= 15 is 0 Å². The van der Waals surface area contributed by atoms with Crippen molar-refractivity contribution >= 4 is 23.2 Å². The first kappa shape index (κ1) is 17.0. The second-order valence-electron chi connectivity index (χ2n) is 7.29. The van der Waals surface area contributed by atoms with E-state index < -0.39 is 16.9 Å². The van der Waals surface area contributed by atoms with Gasteiger partial charge in [0.2, 0.25) is 5.91 Å². The number of hydrazine groups is 1. The minimum Gasteiger partial charge on any atom is -0.274 e. The summed E-state index contributed by atoms with van der Waals surface area (Å²) in [5.41, 5.74) is 1.12. The lowest BCUT2D eigenvalue weighted by Crippen LogP contribution is -2.44. The largest absolute Gasteiger partial charge is 0.274 e. The molecule has 3 fully saturated rings. The molecular weight excluding hydrogens is 360 g/mol. The fraction of sp³-hybridized carbons (Fsp3) is 0.300. The van der Waals surface area contributed by atoms with Crippen molar-refractivity contribution in [1.82, 2.24) is 10.0 Å². The van der Waals surface area contributed by atoms with Crippen molar-refractivity contribution in [2.75, 3.05) is 18.0 Å². The predicted octanol–water partition coefficient (Wildman–Crippen LogP) is 2.13. The molecule has 8 nitrogen and oxygen atoms in total. The third-order valence-corrected chi connectivity index (χ3v) is 5.85. The van der Waals surface area contributed by atoms with E-state index in [1.54, 1.807) is 6.07 Å². The molecule has 3 aliphatic heterocycles. The highest BCUT2D eigenvalue weighted by atomic mass is 16.6. The molecule has 0 saturated carbocycles. The van der Waals surface area contributed by atoms with Crippen molar-refractivity contribution in [3.63, 3.8) is 0 Å². The van der Waals surface area contributed by atoms with Crippen molar-refractivity contribution in [3.05, 3.63) is 70.3 Å². The van der Waals surface area contributed by atoms with Crippen molar-refractivity contribution < 1.29 is 14.5 Å². The monoisotopic (exact) mass is 378 g/mol. The maximum Gasteiger partial charge on any atom is 0.271 e. The molecule has 142 valence electrons. The lowest BCUT2D eigenvalue weighted by Gasteiger charge is -2.29. The van der Waals surface area contributed by atoms with E-state index in [2.05, 4.69) is 5.01 Å². The molecule has 0 spiro atoms. The molecule has 2 aromatic carbocycles. The summed E-state index contributed by atoms with van der Waals surface area (Å²) in [4.78, 5) is 38.4. The lowest BCUT2D eigenvalue weighted by molar-refractivity contribution is -0.384. The molecule has 3 aliphatic rings. The van der Waals surface area contributed by atoms with Crippen LogP contribution in [0.1, 0.15) is 18.0 Å². The summed E-state index contributed by atoms with van der Waals surface area (Å²) in [6.07, 6.45) is 0.935. The van der Waals surface area contributed by atoms with Gasteiger partial charge in [-0.05, 0) is 18.1 Å². The van der Waals surface area contributed by atoms with E-state index in [4.69, 9.17) is 0 Å². The average molecular weight is 378 g/mol. The van der Waals surface area contributed by atoms with Gasteiger partial charge in [0.25, 0.3) is 11.6 Å². The Morgan fingerprint density at radius 3 is 2.32 bits per heavy atom. The number of amides is 2. The summed E-state index contributed by atoms with van der Waals surface area (Å²) in [7, 11) is 0. The maximum atomic E-state index is 13.4. The Balaban J connectivity index is 1.58. The topological polar surface area (TPSA) is 87.0 Å². The normalized spacial score (nSPS) is 27.3. The molecule has 0 bridgehead atoms. The third kappa shape index (κ3) is 2.31. The van der Waals surface area contributed by atoms with Gasteiger partial charge in [-0.25, -0.2) is 14.9 Å². The molecular formula is C20H18N4O4. The number of nitro benzene ring substituents is 1. The zero-order chi connectivity index (χ0) is 19.4. The van der Waals surface area contributed by atoms with Gasteiger partial charge in [0.15, 0.2) is 0 Å². The van der Waals surface area contributed by atoms with Gasteiger partial charge in [-0.2, -0.15) is 0 Å². The molecule has 28 heavy (non-hydrogen) atoms. The van der Waals surface area contributed by atoms with Crippen molar-refractivity contribution in [1.29, 1.82) is 0 Å². The van der Waals surface area contributed by atoms with E-state index in [0.29, 0.717) is 0 Å². The highest BCUT2D eigenvalue weighted by molar-refractivity contribution is 6.24. The van der Waals surface area contributed by atoms with Gasteiger partial charge in [-0.1, -0.05) is 36.4 Å². The van der Waals surface area contributed by atoms with Crippen molar-refractivity contribution in [3.8, 4) is 0 Å². The fourth-order valence-corrected chi connectivity index (χ4v) is 4.76. The standard InChI is InChI=1S/C20H18N4O4/c25-19-16-17(13-6-2-1-3-7-13)21-10-5-11-22(21)18(16)20(26)23(19)14-8-4-9-15(12-14)24(27)28/h1-4,6-9,12,16-18H,5,10-11H2/t16-,17-,18-/m0/s1. The molecule has 0 radical (unpaired) electrons. The maximum absolute atomic E-state index is 13.4. The van der Waals surface area contributed by atoms with Gasteiger partial charge in [0.1, 0.15) is 6.04 Å². The first-order valence-electron chi connectivity index (χ1n) is 9.28. The van der Waals surface area contributed by atoms with Crippen LogP contribution in [0.3, 0.4) is 0 Å². The molecule has 3 saturated heterocycles. The fourth-order valence-electron chi connectivity index (χ4n) is 4.76. The summed E-state index contributed by atoms with van der Waals surface area (Å²) in [6, 6.07) is 14.7. The predicted molar refractivity (Wildman–Crippen MR) is 100 cm³/mol. The van der Waals surface area contributed by atoms with E-state index in [-0.39, 0.29) is 29.2 Å². The number of anilines is 1. The Morgan fingerprint density at radius 2 is 1.61 bits per heavy atom. The Kier molecular flexibility index (Phi) is 3.78. The molecule has 5 rings (SSSR count). The Morgan fingerprint density at radius 1 is 0.893 bits per heavy atom. The summed E-state index contributed by atoms with van der Waals surface area (Å²) >= 11 is 0.